The van der Waals surface area contributed by atoms with E-state index >= 15 is 0 Å². The van der Waals surface area contributed by atoms with Gasteiger partial charge in [0.15, 0.2) is 0 Å². The van der Waals surface area contributed by atoms with Crippen LogP contribution in [0.15, 0.2) is 0 Å². The molecule has 0 aromatic heterocycles. The fourth-order valence-electron chi connectivity index (χ4n) is 0.344. The predicted molar refractivity (Wildman–Crippen MR) is 49.6 cm³/mol. The molecule has 0 aromatic carbocycles. The Morgan fingerprint density at radius 2 is 1.80 bits per heavy atom. The molecule has 0 unspecified atom stereocenters. The van der Waals surface area contributed by atoms with Crippen LogP contribution < -0.4 is 5.73 Å². The van der Waals surface area contributed by atoms with Crippen molar-refractivity contribution in [1.82, 2.24) is 4.90 Å². The summed E-state index contributed by atoms with van der Waals surface area (Å²) in [5.41, 5.74) is 5.10. The normalized spacial score (nSPS) is 7.90. The van der Waals surface area contributed by atoms with Crippen LogP contribution in [0.2, 0.25) is 0 Å². The third-order valence-electron chi connectivity index (χ3n) is 0.828. The minimum atomic E-state index is 0. The van der Waals surface area contributed by atoms with Gasteiger partial charge in [0.2, 0.25) is 0 Å². The summed E-state index contributed by atoms with van der Waals surface area (Å²) in [7, 11) is 3.92. The van der Waals surface area contributed by atoms with Crippen molar-refractivity contribution in [2.45, 2.75) is 6.42 Å². The van der Waals surface area contributed by atoms with Gasteiger partial charge in [-0.2, -0.15) is 0 Å². The SMILES string of the molecule is CN(C)CCC(=N)N.Cl.Cl. The van der Waals surface area contributed by atoms with Crippen molar-refractivity contribution in [2.75, 3.05) is 20.6 Å². The van der Waals surface area contributed by atoms with Crippen molar-refractivity contribution in [3.63, 3.8) is 0 Å². The Balaban J connectivity index is -0.000000245. The molecule has 0 aliphatic carbocycles. The van der Waals surface area contributed by atoms with Crippen LogP contribution in [0.3, 0.4) is 0 Å². The monoisotopic (exact) mass is 187 g/mol. The number of nitrogens with one attached hydrogen (secondary N) is 1. The molecule has 10 heavy (non-hydrogen) atoms. The molecule has 0 rings (SSSR count). The van der Waals surface area contributed by atoms with Gasteiger partial charge in [0.25, 0.3) is 0 Å². The molecule has 0 heterocycles. The highest BCUT2D eigenvalue weighted by Gasteiger charge is 1.89. The molecule has 0 amide bonds. The molecule has 5 heteroatoms. The maximum Gasteiger partial charge on any atom is 0.0918 e. The van der Waals surface area contributed by atoms with Crippen molar-refractivity contribution < 1.29 is 0 Å². The van der Waals surface area contributed by atoms with Gasteiger partial charge >= 0.3 is 0 Å². The first-order valence-electron chi connectivity index (χ1n) is 2.60. The topological polar surface area (TPSA) is 53.1 Å². The molecule has 0 spiro atoms. The van der Waals surface area contributed by atoms with Gasteiger partial charge in [0.1, 0.15) is 0 Å². The van der Waals surface area contributed by atoms with Crippen LogP contribution in [0, 0.1) is 5.41 Å². The fourth-order valence-corrected chi connectivity index (χ4v) is 0.344. The van der Waals surface area contributed by atoms with Gasteiger partial charge < -0.3 is 10.6 Å². The van der Waals surface area contributed by atoms with Crippen LogP contribution in [0.4, 0.5) is 0 Å². The lowest BCUT2D eigenvalue weighted by atomic mass is 10.4. The quantitative estimate of drug-likeness (QED) is 0.506. The van der Waals surface area contributed by atoms with Crippen LogP contribution in [0.25, 0.3) is 0 Å². The molecule has 0 radical (unpaired) electrons. The van der Waals surface area contributed by atoms with Crippen LogP contribution in [-0.2, 0) is 0 Å². The lowest BCUT2D eigenvalue weighted by Gasteiger charge is -2.06. The summed E-state index contributed by atoms with van der Waals surface area (Å²) in [5, 5.41) is 6.84. The minimum Gasteiger partial charge on any atom is -0.388 e. The molecule has 0 atom stereocenters. The summed E-state index contributed by atoms with van der Waals surface area (Å²) < 4.78 is 0. The number of hydrogen-bond donors (Lipinski definition) is 2. The van der Waals surface area contributed by atoms with Crippen molar-refractivity contribution >= 4 is 30.6 Å². The summed E-state index contributed by atoms with van der Waals surface area (Å²) in [5.74, 6) is 0.263. The molecule has 0 bridgehead atoms. The van der Waals surface area contributed by atoms with Gasteiger partial charge in [-0.05, 0) is 14.1 Å². The second-order valence-electron chi connectivity index (χ2n) is 2.08. The Labute approximate surface area is 74.3 Å². The summed E-state index contributed by atoms with van der Waals surface area (Å²) in [6.07, 6.45) is 0.674. The Kier molecular flexibility index (Phi) is 14.9. The van der Waals surface area contributed by atoms with Gasteiger partial charge in [-0.1, -0.05) is 0 Å². The Morgan fingerprint density at radius 1 is 1.40 bits per heavy atom. The van der Waals surface area contributed by atoms with Crippen molar-refractivity contribution in [1.29, 1.82) is 5.41 Å². The van der Waals surface area contributed by atoms with Crippen LogP contribution in [-0.4, -0.2) is 31.4 Å². The zero-order chi connectivity index (χ0) is 6.57. The number of nitrogens with two attached hydrogens (primary N) is 1. The molecule has 64 valence electrons. The first kappa shape index (κ1) is 16.5. The van der Waals surface area contributed by atoms with E-state index in [9.17, 15) is 0 Å². The number of hydrogen-bond acceptors (Lipinski definition) is 2. The fraction of sp³-hybridized carbons (Fsp3) is 0.800. The highest BCUT2D eigenvalue weighted by molar-refractivity contribution is 5.85. The van der Waals surface area contributed by atoms with E-state index in [0.717, 1.165) is 6.54 Å². The average Bonchev–Trinajstić information content (AvgIpc) is 1.61. The zero-order valence-corrected chi connectivity index (χ0v) is 7.89. The van der Waals surface area contributed by atoms with E-state index in [1.165, 1.54) is 0 Å². The number of amidine groups is 1. The van der Waals surface area contributed by atoms with E-state index in [4.69, 9.17) is 11.1 Å². The summed E-state index contributed by atoms with van der Waals surface area (Å²) in [6, 6.07) is 0. The molecule has 0 aliphatic rings. The molecular formula is C5H15Cl2N3. The highest BCUT2D eigenvalue weighted by Crippen LogP contribution is 1.79. The zero-order valence-electron chi connectivity index (χ0n) is 6.26. The molecule has 0 saturated carbocycles. The number of halogens is 2. The third kappa shape index (κ3) is 15.7. The molecule has 0 saturated heterocycles. The largest absolute Gasteiger partial charge is 0.388 e. The van der Waals surface area contributed by atoms with Crippen LogP contribution in [0.5, 0.6) is 0 Å². The maximum atomic E-state index is 6.84. The van der Waals surface area contributed by atoms with Gasteiger partial charge in [0, 0.05) is 13.0 Å². The minimum absolute atomic E-state index is 0. The second-order valence-corrected chi connectivity index (χ2v) is 2.08. The van der Waals surface area contributed by atoms with E-state index < -0.39 is 0 Å². The molecule has 0 fully saturated rings. The third-order valence-corrected chi connectivity index (χ3v) is 0.828. The van der Waals surface area contributed by atoms with Crippen molar-refractivity contribution in [2.24, 2.45) is 5.73 Å². The van der Waals surface area contributed by atoms with Gasteiger partial charge in [-0.15, -0.1) is 24.8 Å². The predicted octanol–water partition coefficient (Wildman–Crippen LogP) is 0.718. The molecular weight excluding hydrogens is 173 g/mol. The Bertz CT molecular complexity index is 85.0. The van der Waals surface area contributed by atoms with E-state index in [-0.39, 0.29) is 30.6 Å². The Morgan fingerprint density at radius 3 is 1.90 bits per heavy atom. The lowest BCUT2D eigenvalue weighted by Crippen LogP contribution is -2.20. The number of rotatable bonds is 3. The molecule has 0 aromatic rings. The Hall–Kier alpha value is 0.01000. The molecule has 3 N–H and O–H groups in total. The van der Waals surface area contributed by atoms with Gasteiger partial charge in [-0.25, -0.2) is 0 Å². The smallest absolute Gasteiger partial charge is 0.0918 e. The van der Waals surface area contributed by atoms with Crippen molar-refractivity contribution in [3.8, 4) is 0 Å². The molecule has 0 aliphatic heterocycles. The van der Waals surface area contributed by atoms with Gasteiger partial charge in [-0.3, -0.25) is 5.41 Å². The molecule has 3 nitrogen and oxygen atoms in total. The van der Waals surface area contributed by atoms with E-state index in [0.29, 0.717) is 6.42 Å². The van der Waals surface area contributed by atoms with Gasteiger partial charge in [0.05, 0.1) is 5.84 Å². The summed E-state index contributed by atoms with van der Waals surface area (Å²) in [6.45, 7) is 0.870. The maximum absolute atomic E-state index is 6.84. The summed E-state index contributed by atoms with van der Waals surface area (Å²) >= 11 is 0. The van der Waals surface area contributed by atoms with Crippen molar-refractivity contribution in [3.05, 3.63) is 0 Å². The lowest BCUT2D eigenvalue weighted by molar-refractivity contribution is 0.421. The first-order chi connectivity index (χ1) is 3.63. The van der Waals surface area contributed by atoms with E-state index in [2.05, 4.69) is 0 Å². The highest BCUT2D eigenvalue weighted by atomic mass is 35.5. The second kappa shape index (κ2) is 9.01. The van der Waals surface area contributed by atoms with Crippen LogP contribution in [0.1, 0.15) is 6.42 Å². The first-order valence-corrected chi connectivity index (χ1v) is 2.60. The van der Waals surface area contributed by atoms with Crippen LogP contribution >= 0.6 is 24.8 Å². The van der Waals surface area contributed by atoms with E-state index in [1.807, 2.05) is 19.0 Å². The number of nitrogens with zero attached hydrogens (tertiary/aromatic N) is 1. The average molecular weight is 188 g/mol. The standard InChI is InChI=1S/C5H13N3.2ClH/c1-8(2)4-3-5(6)7;;/h3-4H2,1-2H3,(H3,6,7);2*1H. The van der Waals surface area contributed by atoms with E-state index in [1.54, 1.807) is 0 Å². The summed E-state index contributed by atoms with van der Waals surface area (Å²) in [4.78, 5) is 2.00.